The number of carbonyl (C=O) groups is 1. The van der Waals surface area contributed by atoms with E-state index in [4.69, 9.17) is 0 Å². The highest BCUT2D eigenvalue weighted by Crippen LogP contribution is 2.17. The van der Waals surface area contributed by atoms with E-state index in [1.165, 1.54) is 250 Å². The van der Waals surface area contributed by atoms with Gasteiger partial charge in [-0.3, -0.25) is 4.79 Å². The molecule has 0 rings (SSSR count). The van der Waals surface area contributed by atoms with Crippen LogP contribution >= 0.6 is 0 Å². The van der Waals surface area contributed by atoms with Gasteiger partial charge >= 0.3 is 0 Å². The molecule has 4 nitrogen and oxygen atoms in total. The summed E-state index contributed by atoms with van der Waals surface area (Å²) in [7, 11) is 0. The van der Waals surface area contributed by atoms with Crippen molar-refractivity contribution in [1.29, 1.82) is 0 Å². The second kappa shape index (κ2) is 48.5. The number of hydrogen-bond donors (Lipinski definition) is 3. The summed E-state index contributed by atoms with van der Waals surface area (Å²) in [5.41, 5.74) is 0. The van der Waals surface area contributed by atoms with E-state index >= 15 is 0 Å². The van der Waals surface area contributed by atoms with E-state index in [9.17, 15) is 15.0 Å². The fourth-order valence-corrected chi connectivity index (χ4v) is 8.30. The summed E-state index contributed by atoms with van der Waals surface area (Å²) in [5, 5.41) is 23.1. The van der Waals surface area contributed by atoms with Crippen LogP contribution in [0, 0.1) is 0 Å². The normalized spacial score (nSPS) is 12.9. The average molecular weight is 790 g/mol. The molecule has 0 aromatic heterocycles. The van der Waals surface area contributed by atoms with Gasteiger partial charge in [-0.1, -0.05) is 283 Å². The van der Waals surface area contributed by atoms with Crippen LogP contribution in [0.15, 0.2) is 12.2 Å². The summed E-state index contributed by atoms with van der Waals surface area (Å²) in [6, 6.07) is -0.617. The predicted octanol–water partition coefficient (Wildman–Crippen LogP) is 16.6. The molecule has 0 aliphatic heterocycles. The molecule has 334 valence electrons. The Kier molecular flexibility index (Phi) is 47.7. The summed E-state index contributed by atoms with van der Waals surface area (Å²) >= 11 is 0. The van der Waals surface area contributed by atoms with E-state index in [1.54, 1.807) is 6.08 Å². The van der Waals surface area contributed by atoms with Gasteiger partial charge in [0.2, 0.25) is 5.91 Å². The van der Waals surface area contributed by atoms with Gasteiger partial charge in [0, 0.05) is 6.42 Å². The number of nitrogens with one attached hydrogen (secondary N) is 1. The van der Waals surface area contributed by atoms with Gasteiger partial charge in [-0.25, -0.2) is 0 Å². The quantitative estimate of drug-likeness (QED) is 0.0425. The van der Waals surface area contributed by atoms with Crippen LogP contribution in [0.25, 0.3) is 0 Å². The maximum atomic E-state index is 12.4. The number of rotatable bonds is 48. The van der Waals surface area contributed by atoms with Crippen LogP contribution in [-0.4, -0.2) is 34.9 Å². The van der Waals surface area contributed by atoms with Crippen molar-refractivity contribution in [2.45, 2.75) is 309 Å². The van der Waals surface area contributed by atoms with Gasteiger partial charge in [-0.15, -0.1) is 0 Å². The van der Waals surface area contributed by atoms with Gasteiger partial charge in [0.25, 0.3) is 0 Å². The van der Waals surface area contributed by atoms with Crippen LogP contribution in [0.2, 0.25) is 0 Å². The standard InChI is InChI=1S/C52H103NO3/c1-3-5-7-9-11-13-15-17-19-21-23-25-26-28-29-31-33-35-37-39-41-43-45-47-51(55)50(49-54)53-52(56)48-46-44-42-40-38-36-34-32-30-27-24-22-20-18-16-14-12-10-8-6-4-2/h45,47,50-51,54-55H,3-44,46,48-49H2,1-2H3,(H,53,56)/b47-45+. The van der Waals surface area contributed by atoms with E-state index in [0.29, 0.717) is 6.42 Å². The van der Waals surface area contributed by atoms with Crippen LogP contribution in [0.3, 0.4) is 0 Å². The van der Waals surface area contributed by atoms with Crippen LogP contribution in [0.4, 0.5) is 0 Å². The number of hydrogen-bond acceptors (Lipinski definition) is 3. The number of amides is 1. The Morgan fingerprint density at radius 3 is 0.929 bits per heavy atom. The maximum Gasteiger partial charge on any atom is 0.220 e. The molecule has 3 N–H and O–H groups in total. The van der Waals surface area contributed by atoms with Crippen molar-refractivity contribution in [2.24, 2.45) is 0 Å². The van der Waals surface area contributed by atoms with Crippen LogP contribution in [-0.2, 0) is 4.79 Å². The Balaban J connectivity index is 3.47. The molecule has 0 aliphatic carbocycles. The minimum atomic E-state index is -0.835. The molecule has 0 fully saturated rings. The number of aliphatic hydroxyl groups excluding tert-OH is 2. The van der Waals surface area contributed by atoms with Crippen molar-refractivity contribution in [1.82, 2.24) is 5.32 Å². The van der Waals surface area contributed by atoms with Gasteiger partial charge in [0.15, 0.2) is 0 Å². The van der Waals surface area contributed by atoms with Crippen LogP contribution in [0.1, 0.15) is 296 Å². The molecule has 2 atom stereocenters. The fourth-order valence-electron chi connectivity index (χ4n) is 8.30. The van der Waals surface area contributed by atoms with Gasteiger partial charge < -0.3 is 15.5 Å². The minimum absolute atomic E-state index is 0.0568. The zero-order valence-electron chi connectivity index (χ0n) is 38.4. The highest BCUT2D eigenvalue weighted by molar-refractivity contribution is 5.76. The molecule has 0 aromatic rings. The third-order valence-corrected chi connectivity index (χ3v) is 12.3. The first-order valence-corrected chi connectivity index (χ1v) is 25.9. The van der Waals surface area contributed by atoms with Crippen LogP contribution < -0.4 is 5.32 Å². The summed E-state index contributed by atoms with van der Waals surface area (Å²) in [4.78, 5) is 12.4. The van der Waals surface area contributed by atoms with E-state index < -0.39 is 12.1 Å². The molecule has 0 radical (unpaired) electrons. The van der Waals surface area contributed by atoms with Crippen molar-refractivity contribution >= 4 is 5.91 Å². The summed E-state index contributed by atoms with van der Waals surface area (Å²) in [6.07, 6.45) is 62.1. The molecule has 0 aromatic carbocycles. The van der Waals surface area contributed by atoms with Crippen molar-refractivity contribution in [3.63, 3.8) is 0 Å². The van der Waals surface area contributed by atoms with E-state index in [1.807, 2.05) is 6.08 Å². The molecule has 2 unspecified atom stereocenters. The second-order valence-corrected chi connectivity index (χ2v) is 18.0. The van der Waals surface area contributed by atoms with Crippen LogP contribution in [0.5, 0.6) is 0 Å². The molecule has 0 saturated heterocycles. The highest BCUT2D eigenvalue weighted by atomic mass is 16.3. The Morgan fingerprint density at radius 2 is 0.661 bits per heavy atom. The zero-order chi connectivity index (χ0) is 40.7. The van der Waals surface area contributed by atoms with Crippen molar-refractivity contribution in [3.8, 4) is 0 Å². The number of unbranched alkanes of at least 4 members (excludes halogenated alkanes) is 41. The summed E-state index contributed by atoms with van der Waals surface area (Å²) in [5.74, 6) is -0.0568. The lowest BCUT2D eigenvalue weighted by molar-refractivity contribution is -0.123. The lowest BCUT2D eigenvalue weighted by Gasteiger charge is -2.20. The third kappa shape index (κ3) is 44.2. The lowest BCUT2D eigenvalue weighted by Crippen LogP contribution is -2.45. The van der Waals surface area contributed by atoms with Gasteiger partial charge in [-0.05, 0) is 19.3 Å². The number of allylic oxidation sites excluding steroid dienone is 1. The lowest BCUT2D eigenvalue weighted by atomic mass is 10.0. The Morgan fingerprint density at radius 1 is 0.411 bits per heavy atom. The Bertz CT molecular complexity index is 769. The first kappa shape index (κ1) is 55.1. The average Bonchev–Trinajstić information content (AvgIpc) is 3.20. The molecule has 56 heavy (non-hydrogen) atoms. The predicted molar refractivity (Wildman–Crippen MR) is 249 cm³/mol. The van der Waals surface area contributed by atoms with Crippen molar-refractivity contribution < 1.29 is 15.0 Å². The molecule has 0 aliphatic rings. The largest absolute Gasteiger partial charge is 0.394 e. The van der Waals surface area contributed by atoms with Crippen molar-refractivity contribution in [2.75, 3.05) is 6.61 Å². The molecular weight excluding hydrogens is 687 g/mol. The van der Waals surface area contributed by atoms with Crippen molar-refractivity contribution in [3.05, 3.63) is 12.2 Å². The second-order valence-electron chi connectivity index (χ2n) is 18.0. The molecular formula is C52H103NO3. The molecule has 4 heteroatoms. The molecule has 1 amide bonds. The Labute approximate surface area is 352 Å². The summed E-state index contributed by atoms with van der Waals surface area (Å²) < 4.78 is 0. The smallest absolute Gasteiger partial charge is 0.220 e. The number of aliphatic hydroxyl groups is 2. The topological polar surface area (TPSA) is 69.6 Å². The fraction of sp³-hybridized carbons (Fsp3) is 0.942. The summed E-state index contributed by atoms with van der Waals surface area (Å²) in [6.45, 7) is 4.35. The van der Waals surface area contributed by atoms with E-state index in [-0.39, 0.29) is 12.5 Å². The van der Waals surface area contributed by atoms with Gasteiger partial charge in [-0.2, -0.15) is 0 Å². The highest BCUT2D eigenvalue weighted by Gasteiger charge is 2.18. The van der Waals surface area contributed by atoms with E-state index in [2.05, 4.69) is 19.2 Å². The first-order chi connectivity index (χ1) is 27.7. The SMILES string of the molecule is CCCCCCCCCCCCCCCCCCCCCCC/C=C/C(O)C(CO)NC(=O)CCCCCCCCCCCCCCCCCCCCCCC. The molecule has 0 bridgehead atoms. The van der Waals surface area contributed by atoms with Gasteiger partial charge in [0.05, 0.1) is 18.8 Å². The zero-order valence-corrected chi connectivity index (χ0v) is 38.4. The molecule has 0 spiro atoms. The van der Waals surface area contributed by atoms with Gasteiger partial charge in [0.1, 0.15) is 0 Å². The monoisotopic (exact) mass is 790 g/mol. The van der Waals surface area contributed by atoms with E-state index in [0.717, 1.165) is 25.7 Å². The molecule has 0 heterocycles. The third-order valence-electron chi connectivity index (χ3n) is 12.3. The first-order valence-electron chi connectivity index (χ1n) is 25.9. The Hall–Kier alpha value is -0.870. The number of carbonyl (C=O) groups excluding carboxylic acids is 1. The minimum Gasteiger partial charge on any atom is -0.394 e. The maximum absolute atomic E-state index is 12.4. The molecule has 0 saturated carbocycles.